The van der Waals surface area contributed by atoms with E-state index in [1.807, 2.05) is 60.7 Å². The summed E-state index contributed by atoms with van der Waals surface area (Å²) in [4.78, 5) is 12.1. The number of benzene rings is 3. The van der Waals surface area contributed by atoms with Gasteiger partial charge in [-0.25, -0.2) is 0 Å². The number of halogens is 1. The Morgan fingerprint density at radius 1 is 0.955 bits per heavy atom. The highest BCUT2D eigenvalue weighted by Gasteiger charge is 2.02. The minimum Gasteiger partial charge on any atom is -0.322 e. The van der Waals surface area contributed by atoms with Gasteiger partial charge in [-0.15, -0.1) is 0 Å². The zero-order chi connectivity index (χ0) is 15.4. The molecule has 108 valence electrons. The van der Waals surface area contributed by atoms with Gasteiger partial charge in [-0.2, -0.15) is 0 Å². The van der Waals surface area contributed by atoms with Crippen molar-refractivity contribution in [2.45, 2.75) is 0 Å². The van der Waals surface area contributed by atoms with Crippen molar-refractivity contribution < 1.29 is 4.79 Å². The van der Waals surface area contributed by atoms with E-state index >= 15 is 0 Å². The van der Waals surface area contributed by atoms with E-state index in [0.29, 0.717) is 5.02 Å². The fourth-order valence-corrected chi connectivity index (χ4v) is 2.49. The fourth-order valence-electron chi connectivity index (χ4n) is 2.29. The molecule has 3 rings (SSSR count). The highest BCUT2D eigenvalue weighted by Crippen LogP contribution is 2.23. The van der Waals surface area contributed by atoms with E-state index in [9.17, 15) is 4.79 Å². The lowest BCUT2D eigenvalue weighted by molar-refractivity contribution is -0.111. The Morgan fingerprint density at radius 2 is 1.73 bits per heavy atom. The van der Waals surface area contributed by atoms with Crippen molar-refractivity contribution in [2.24, 2.45) is 0 Å². The van der Waals surface area contributed by atoms with Gasteiger partial charge >= 0.3 is 0 Å². The third kappa shape index (κ3) is 3.35. The molecule has 0 radical (unpaired) electrons. The van der Waals surface area contributed by atoms with E-state index in [-0.39, 0.29) is 5.91 Å². The SMILES string of the molecule is O=C(/C=C/c1cccc(Cl)c1)Nc1cccc2ccccc12. The summed E-state index contributed by atoms with van der Waals surface area (Å²) in [5, 5.41) is 5.68. The summed E-state index contributed by atoms with van der Waals surface area (Å²) in [7, 11) is 0. The number of hydrogen-bond donors (Lipinski definition) is 1. The molecule has 0 aliphatic heterocycles. The van der Waals surface area contributed by atoms with Crippen molar-refractivity contribution >= 4 is 40.0 Å². The highest BCUT2D eigenvalue weighted by molar-refractivity contribution is 6.30. The normalized spacial score (nSPS) is 11.0. The molecule has 3 heteroatoms. The first-order valence-corrected chi connectivity index (χ1v) is 7.32. The smallest absolute Gasteiger partial charge is 0.248 e. The van der Waals surface area contributed by atoms with Crippen LogP contribution in [0.3, 0.4) is 0 Å². The Kier molecular flexibility index (Phi) is 4.22. The first kappa shape index (κ1) is 14.4. The maximum atomic E-state index is 12.1. The van der Waals surface area contributed by atoms with Gasteiger partial charge in [0.1, 0.15) is 0 Å². The van der Waals surface area contributed by atoms with Crippen molar-refractivity contribution in [3.05, 3.63) is 83.4 Å². The van der Waals surface area contributed by atoms with Gasteiger partial charge in [0.2, 0.25) is 5.91 Å². The number of rotatable bonds is 3. The molecular formula is C19H14ClNO. The lowest BCUT2D eigenvalue weighted by Gasteiger charge is -2.06. The molecule has 3 aromatic carbocycles. The number of carbonyl (C=O) groups is 1. The van der Waals surface area contributed by atoms with Crippen LogP contribution in [0, 0.1) is 0 Å². The predicted molar refractivity (Wildman–Crippen MR) is 93.1 cm³/mol. The van der Waals surface area contributed by atoms with Crippen LogP contribution in [0.4, 0.5) is 5.69 Å². The lowest BCUT2D eigenvalue weighted by atomic mass is 10.1. The minimum absolute atomic E-state index is 0.170. The molecule has 0 saturated carbocycles. The van der Waals surface area contributed by atoms with Crippen LogP contribution in [0.25, 0.3) is 16.8 Å². The molecule has 0 saturated heterocycles. The van der Waals surface area contributed by atoms with E-state index in [0.717, 1.165) is 22.0 Å². The molecule has 0 spiro atoms. The zero-order valence-corrected chi connectivity index (χ0v) is 12.5. The van der Waals surface area contributed by atoms with Crippen LogP contribution >= 0.6 is 11.6 Å². The van der Waals surface area contributed by atoms with Crippen molar-refractivity contribution in [2.75, 3.05) is 5.32 Å². The molecule has 0 aromatic heterocycles. The quantitative estimate of drug-likeness (QED) is 0.666. The van der Waals surface area contributed by atoms with Gasteiger partial charge in [0, 0.05) is 22.2 Å². The maximum absolute atomic E-state index is 12.1. The molecular weight excluding hydrogens is 294 g/mol. The van der Waals surface area contributed by atoms with Gasteiger partial charge in [-0.1, -0.05) is 60.1 Å². The summed E-state index contributed by atoms with van der Waals surface area (Å²) in [6, 6.07) is 21.2. The van der Waals surface area contributed by atoms with Crippen LogP contribution in [0.5, 0.6) is 0 Å². The molecule has 0 aliphatic carbocycles. The number of amides is 1. The van der Waals surface area contributed by atoms with Crippen LogP contribution in [-0.2, 0) is 4.79 Å². The van der Waals surface area contributed by atoms with Crippen LogP contribution < -0.4 is 5.32 Å². The molecule has 1 amide bonds. The average Bonchev–Trinajstić information content (AvgIpc) is 2.53. The van der Waals surface area contributed by atoms with Crippen molar-refractivity contribution in [3.63, 3.8) is 0 Å². The summed E-state index contributed by atoms with van der Waals surface area (Å²) in [5.41, 5.74) is 1.69. The van der Waals surface area contributed by atoms with Crippen molar-refractivity contribution in [1.82, 2.24) is 0 Å². The molecule has 0 aliphatic rings. The Hall–Kier alpha value is -2.58. The molecule has 0 fully saturated rings. The number of fused-ring (bicyclic) bond motifs is 1. The highest BCUT2D eigenvalue weighted by atomic mass is 35.5. The van der Waals surface area contributed by atoms with Crippen molar-refractivity contribution in [3.8, 4) is 0 Å². The van der Waals surface area contributed by atoms with Gasteiger partial charge in [0.25, 0.3) is 0 Å². The first-order chi connectivity index (χ1) is 10.7. The number of nitrogens with one attached hydrogen (secondary N) is 1. The van der Waals surface area contributed by atoms with Crippen LogP contribution in [0.2, 0.25) is 5.02 Å². The standard InChI is InChI=1S/C19H14ClNO/c20-16-8-3-5-14(13-16)11-12-19(22)21-18-10-4-7-15-6-1-2-9-17(15)18/h1-13H,(H,21,22)/b12-11+. The molecule has 0 bridgehead atoms. The second-order valence-corrected chi connectivity index (χ2v) is 5.34. The third-order valence-electron chi connectivity index (χ3n) is 3.32. The Bertz CT molecular complexity index is 849. The van der Waals surface area contributed by atoms with E-state index < -0.39 is 0 Å². The summed E-state index contributed by atoms with van der Waals surface area (Å²) >= 11 is 5.92. The van der Waals surface area contributed by atoms with Gasteiger partial charge < -0.3 is 5.32 Å². The fraction of sp³-hybridized carbons (Fsp3) is 0. The second-order valence-electron chi connectivity index (χ2n) is 4.90. The molecule has 22 heavy (non-hydrogen) atoms. The van der Waals surface area contributed by atoms with Gasteiger partial charge in [0.15, 0.2) is 0 Å². The number of anilines is 1. The zero-order valence-electron chi connectivity index (χ0n) is 11.8. The van der Waals surface area contributed by atoms with Crippen LogP contribution in [-0.4, -0.2) is 5.91 Å². The monoisotopic (exact) mass is 307 g/mol. The van der Waals surface area contributed by atoms with Crippen LogP contribution in [0.1, 0.15) is 5.56 Å². The topological polar surface area (TPSA) is 29.1 Å². The summed E-state index contributed by atoms with van der Waals surface area (Å²) in [6.45, 7) is 0. The van der Waals surface area contributed by atoms with Crippen LogP contribution in [0.15, 0.2) is 72.8 Å². The van der Waals surface area contributed by atoms with Gasteiger partial charge in [0.05, 0.1) is 0 Å². The van der Waals surface area contributed by atoms with Crippen molar-refractivity contribution in [1.29, 1.82) is 0 Å². The maximum Gasteiger partial charge on any atom is 0.248 e. The van der Waals surface area contributed by atoms with E-state index in [4.69, 9.17) is 11.6 Å². The number of carbonyl (C=O) groups excluding carboxylic acids is 1. The molecule has 1 N–H and O–H groups in total. The average molecular weight is 308 g/mol. The third-order valence-corrected chi connectivity index (χ3v) is 3.56. The molecule has 0 heterocycles. The summed E-state index contributed by atoms with van der Waals surface area (Å²) in [6.07, 6.45) is 3.25. The lowest BCUT2D eigenvalue weighted by Crippen LogP contribution is -2.07. The summed E-state index contributed by atoms with van der Waals surface area (Å²) < 4.78 is 0. The van der Waals surface area contributed by atoms with Gasteiger partial charge in [-0.05, 0) is 35.2 Å². The first-order valence-electron chi connectivity index (χ1n) is 6.95. The summed E-state index contributed by atoms with van der Waals surface area (Å²) in [5.74, 6) is -0.170. The second kappa shape index (κ2) is 6.46. The molecule has 2 nitrogen and oxygen atoms in total. The molecule has 0 atom stereocenters. The molecule has 0 unspecified atom stereocenters. The number of hydrogen-bond acceptors (Lipinski definition) is 1. The van der Waals surface area contributed by atoms with Gasteiger partial charge in [-0.3, -0.25) is 4.79 Å². The van der Waals surface area contributed by atoms with E-state index in [1.54, 1.807) is 12.1 Å². The Labute approximate surface area is 134 Å². The molecule has 3 aromatic rings. The minimum atomic E-state index is -0.170. The Morgan fingerprint density at radius 3 is 2.59 bits per heavy atom. The Balaban J connectivity index is 1.79. The predicted octanol–water partition coefficient (Wildman–Crippen LogP) is 5.15. The van der Waals surface area contributed by atoms with E-state index in [1.165, 1.54) is 6.08 Å². The van der Waals surface area contributed by atoms with E-state index in [2.05, 4.69) is 5.32 Å². The largest absolute Gasteiger partial charge is 0.322 e.